The summed E-state index contributed by atoms with van der Waals surface area (Å²) in [6.45, 7) is 6.17. The van der Waals surface area contributed by atoms with Gasteiger partial charge in [0.25, 0.3) is 5.91 Å². The monoisotopic (exact) mass is 483 g/mol. The second-order valence-electron chi connectivity index (χ2n) is 9.74. The van der Waals surface area contributed by atoms with Gasteiger partial charge in [-0.3, -0.25) is 9.69 Å². The van der Waals surface area contributed by atoms with Crippen LogP contribution < -0.4 is 0 Å². The minimum atomic E-state index is -3.55. The molecule has 0 aromatic heterocycles. The largest absolute Gasteiger partial charge is 0.337 e. The smallest absolute Gasteiger partial charge is 0.253 e. The number of carbonyl (C=O) groups excluding carboxylic acids is 1. The van der Waals surface area contributed by atoms with E-state index in [0.29, 0.717) is 18.7 Å². The topological polar surface area (TPSA) is 60.9 Å². The zero-order chi connectivity index (χ0) is 24.1. The third kappa shape index (κ3) is 5.88. The zero-order valence-electron chi connectivity index (χ0n) is 20.4. The Morgan fingerprint density at radius 3 is 2.24 bits per heavy atom. The summed E-state index contributed by atoms with van der Waals surface area (Å²) in [5, 5.41) is 0. The number of carbonyl (C=O) groups is 1. The number of amides is 1. The number of hydrogen-bond acceptors (Lipinski definition) is 4. The normalized spacial score (nSPS) is 18.7. The first-order valence-electron chi connectivity index (χ1n) is 12.5. The van der Waals surface area contributed by atoms with Crippen molar-refractivity contribution < 1.29 is 13.2 Å². The van der Waals surface area contributed by atoms with Gasteiger partial charge in [-0.15, -0.1) is 0 Å². The van der Waals surface area contributed by atoms with Gasteiger partial charge >= 0.3 is 0 Å². The molecule has 2 aromatic rings. The minimum absolute atomic E-state index is 0.0261. The van der Waals surface area contributed by atoms with Crippen molar-refractivity contribution in [1.29, 1.82) is 0 Å². The van der Waals surface area contributed by atoms with E-state index in [-0.39, 0.29) is 16.8 Å². The standard InChI is InChI=1S/C27H37N3O3S/c1-22-9-11-23(12-10-22)21-29-17-6-18-30(20-19-29)27(31)24-13-15-26(16-14-24)34(32,33)28(2)25-7-4-3-5-8-25/h9-16,25H,3-8,17-21H2,1-2H3. The Kier molecular flexibility index (Phi) is 8.06. The predicted octanol–water partition coefficient (Wildman–Crippen LogP) is 4.30. The molecule has 1 heterocycles. The van der Waals surface area contributed by atoms with Crippen LogP contribution in [0.1, 0.15) is 60.0 Å². The van der Waals surface area contributed by atoms with E-state index < -0.39 is 10.0 Å². The average Bonchev–Trinajstić information content (AvgIpc) is 3.10. The van der Waals surface area contributed by atoms with E-state index in [9.17, 15) is 13.2 Å². The highest BCUT2D eigenvalue weighted by Gasteiger charge is 2.29. The lowest BCUT2D eigenvalue weighted by molar-refractivity contribution is 0.0761. The fraction of sp³-hybridized carbons (Fsp3) is 0.519. The SMILES string of the molecule is Cc1ccc(CN2CCCN(C(=O)c3ccc(S(=O)(=O)N(C)C4CCCCC4)cc3)CC2)cc1. The van der Waals surface area contributed by atoms with Gasteiger partial charge < -0.3 is 4.90 Å². The molecule has 0 N–H and O–H groups in total. The van der Waals surface area contributed by atoms with Crippen molar-refractivity contribution in [2.24, 2.45) is 0 Å². The molecular formula is C27H37N3O3S. The van der Waals surface area contributed by atoms with Crippen molar-refractivity contribution in [3.63, 3.8) is 0 Å². The third-order valence-corrected chi connectivity index (χ3v) is 9.19. The number of aryl methyl sites for hydroxylation is 1. The summed E-state index contributed by atoms with van der Waals surface area (Å²) < 4.78 is 27.7. The molecule has 2 aliphatic rings. The molecule has 34 heavy (non-hydrogen) atoms. The van der Waals surface area contributed by atoms with Crippen LogP contribution >= 0.6 is 0 Å². The van der Waals surface area contributed by atoms with Crippen molar-refractivity contribution in [3.05, 3.63) is 65.2 Å². The van der Waals surface area contributed by atoms with Crippen molar-refractivity contribution in [1.82, 2.24) is 14.1 Å². The van der Waals surface area contributed by atoms with Crippen LogP contribution in [0.5, 0.6) is 0 Å². The highest BCUT2D eigenvalue weighted by Crippen LogP contribution is 2.26. The van der Waals surface area contributed by atoms with Gasteiger partial charge in [0.05, 0.1) is 4.90 Å². The highest BCUT2D eigenvalue weighted by atomic mass is 32.2. The second-order valence-corrected chi connectivity index (χ2v) is 11.7. The molecule has 1 saturated carbocycles. The van der Waals surface area contributed by atoms with Crippen LogP contribution in [-0.2, 0) is 16.6 Å². The van der Waals surface area contributed by atoms with E-state index in [4.69, 9.17) is 0 Å². The Morgan fingerprint density at radius 1 is 0.882 bits per heavy atom. The molecule has 0 bridgehead atoms. The maximum atomic E-state index is 13.1. The van der Waals surface area contributed by atoms with Crippen LogP contribution in [0.2, 0.25) is 0 Å². The first kappa shape index (κ1) is 24.9. The molecule has 0 atom stereocenters. The number of nitrogens with zero attached hydrogens (tertiary/aromatic N) is 3. The van der Waals surface area contributed by atoms with E-state index in [1.54, 1.807) is 31.3 Å². The van der Waals surface area contributed by atoms with E-state index in [2.05, 4.69) is 36.1 Å². The minimum Gasteiger partial charge on any atom is -0.337 e. The van der Waals surface area contributed by atoms with Gasteiger partial charge in [-0.25, -0.2) is 8.42 Å². The third-order valence-electron chi connectivity index (χ3n) is 7.27. The van der Waals surface area contributed by atoms with Gasteiger partial charge in [-0.05, 0) is 56.0 Å². The summed E-state index contributed by atoms with van der Waals surface area (Å²) in [5.41, 5.74) is 3.10. The van der Waals surface area contributed by atoms with Gasteiger partial charge in [0.15, 0.2) is 0 Å². The van der Waals surface area contributed by atoms with Gasteiger partial charge in [0, 0.05) is 51.4 Å². The number of benzene rings is 2. The lowest BCUT2D eigenvalue weighted by atomic mass is 9.96. The van der Waals surface area contributed by atoms with Crippen LogP contribution in [0.4, 0.5) is 0 Å². The van der Waals surface area contributed by atoms with Crippen molar-refractivity contribution in [3.8, 4) is 0 Å². The molecule has 1 saturated heterocycles. The van der Waals surface area contributed by atoms with Crippen LogP contribution in [0.15, 0.2) is 53.4 Å². The van der Waals surface area contributed by atoms with Gasteiger partial charge in [0.2, 0.25) is 10.0 Å². The summed E-state index contributed by atoms with van der Waals surface area (Å²) >= 11 is 0. The Hall–Kier alpha value is -2.22. The molecule has 1 amide bonds. The molecule has 6 nitrogen and oxygen atoms in total. The van der Waals surface area contributed by atoms with Crippen LogP contribution in [0.25, 0.3) is 0 Å². The maximum Gasteiger partial charge on any atom is 0.253 e. The Balaban J connectivity index is 1.37. The summed E-state index contributed by atoms with van der Waals surface area (Å²) in [6.07, 6.45) is 6.11. The summed E-state index contributed by atoms with van der Waals surface area (Å²) in [6, 6.07) is 15.2. The summed E-state index contributed by atoms with van der Waals surface area (Å²) in [4.78, 5) is 17.7. The molecule has 2 aromatic carbocycles. The van der Waals surface area contributed by atoms with Crippen LogP contribution in [0, 0.1) is 6.92 Å². The van der Waals surface area contributed by atoms with E-state index >= 15 is 0 Å². The molecule has 4 rings (SSSR count). The molecule has 0 unspecified atom stereocenters. The fourth-order valence-corrected chi connectivity index (χ4v) is 6.46. The first-order valence-corrected chi connectivity index (χ1v) is 13.9. The predicted molar refractivity (Wildman–Crippen MR) is 135 cm³/mol. The van der Waals surface area contributed by atoms with Crippen molar-refractivity contribution in [2.45, 2.75) is 62.9 Å². The molecule has 0 spiro atoms. The van der Waals surface area contributed by atoms with E-state index in [0.717, 1.165) is 51.7 Å². The molecule has 184 valence electrons. The Bertz CT molecular complexity index is 1060. The molecule has 7 heteroatoms. The maximum absolute atomic E-state index is 13.1. The van der Waals surface area contributed by atoms with Crippen LogP contribution in [0.3, 0.4) is 0 Å². The highest BCUT2D eigenvalue weighted by molar-refractivity contribution is 7.89. The Labute approximate surface area is 204 Å². The van der Waals surface area contributed by atoms with E-state index in [1.165, 1.54) is 21.9 Å². The quantitative estimate of drug-likeness (QED) is 0.615. The van der Waals surface area contributed by atoms with E-state index in [1.807, 2.05) is 4.90 Å². The van der Waals surface area contributed by atoms with Crippen molar-refractivity contribution >= 4 is 15.9 Å². The number of sulfonamides is 1. The summed E-state index contributed by atoms with van der Waals surface area (Å²) in [5.74, 6) is -0.0261. The fourth-order valence-electron chi connectivity index (χ4n) is 5.04. The molecule has 1 aliphatic heterocycles. The van der Waals surface area contributed by atoms with Crippen LogP contribution in [-0.4, -0.2) is 67.7 Å². The van der Waals surface area contributed by atoms with Gasteiger partial charge in [-0.1, -0.05) is 49.1 Å². The van der Waals surface area contributed by atoms with Gasteiger partial charge in [0.1, 0.15) is 0 Å². The lowest BCUT2D eigenvalue weighted by Gasteiger charge is -2.30. The Morgan fingerprint density at radius 2 is 1.56 bits per heavy atom. The second kappa shape index (κ2) is 11.0. The first-order chi connectivity index (χ1) is 16.3. The summed E-state index contributed by atoms with van der Waals surface area (Å²) in [7, 11) is -1.87. The lowest BCUT2D eigenvalue weighted by Crippen LogP contribution is -2.38. The van der Waals surface area contributed by atoms with Gasteiger partial charge in [-0.2, -0.15) is 4.31 Å². The number of hydrogen-bond donors (Lipinski definition) is 0. The van der Waals surface area contributed by atoms with Crippen molar-refractivity contribution in [2.75, 3.05) is 33.2 Å². The average molecular weight is 484 g/mol. The molecule has 2 fully saturated rings. The zero-order valence-corrected chi connectivity index (χ0v) is 21.3. The molecule has 0 radical (unpaired) electrons. The molecule has 1 aliphatic carbocycles. The molecular weight excluding hydrogens is 446 g/mol. The number of rotatable bonds is 6.